The van der Waals surface area contributed by atoms with Gasteiger partial charge in [-0.2, -0.15) is 0 Å². The first-order valence-corrected chi connectivity index (χ1v) is 8.90. The van der Waals surface area contributed by atoms with E-state index in [1.807, 2.05) is 0 Å². The maximum Gasteiger partial charge on any atom is 0.316 e. The van der Waals surface area contributed by atoms with Crippen molar-refractivity contribution >= 4 is 29.5 Å². The lowest BCUT2D eigenvalue weighted by atomic mass is 10.1. The van der Waals surface area contributed by atoms with E-state index in [0.29, 0.717) is 36.7 Å². The Bertz CT molecular complexity index is 652. The highest BCUT2D eigenvalue weighted by atomic mass is 32.2. The van der Waals surface area contributed by atoms with Gasteiger partial charge in [-0.1, -0.05) is 12.1 Å². The van der Waals surface area contributed by atoms with Crippen LogP contribution in [0.5, 0.6) is 0 Å². The van der Waals surface area contributed by atoms with Crippen molar-refractivity contribution in [2.75, 3.05) is 26.2 Å². The molecule has 2 unspecified atom stereocenters. The normalized spacial score (nSPS) is 18.5. The van der Waals surface area contributed by atoms with Crippen molar-refractivity contribution in [1.82, 2.24) is 10.2 Å². The number of nitrogens with zero attached hydrogens (tertiary/aromatic N) is 1. The summed E-state index contributed by atoms with van der Waals surface area (Å²) in [6, 6.07) is 7.01. The molecule has 1 fully saturated rings. The Morgan fingerprint density at radius 2 is 2.12 bits per heavy atom. The quantitative estimate of drug-likeness (QED) is 0.735. The summed E-state index contributed by atoms with van der Waals surface area (Å²) in [5.41, 5.74) is 0.487. The molecule has 2 rings (SSSR count). The highest BCUT2D eigenvalue weighted by Gasteiger charge is 2.27. The zero-order valence-corrected chi connectivity index (χ0v) is 15.0. The van der Waals surface area contributed by atoms with Gasteiger partial charge in [-0.05, 0) is 19.1 Å². The van der Waals surface area contributed by atoms with Crippen molar-refractivity contribution in [2.45, 2.75) is 30.1 Å². The average molecular weight is 366 g/mol. The first kappa shape index (κ1) is 19.3. The third-order valence-electron chi connectivity index (χ3n) is 3.77. The maximum absolute atomic E-state index is 12.9. The van der Waals surface area contributed by atoms with Gasteiger partial charge < -0.3 is 20.1 Å². The Kier molecular flexibility index (Phi) is 6.83. The smallest absolute Gasteiger partial charge is 0.316 e. The van der Waals surface area contributed by atoms with Crippen LogP contribution in [-0.2, 0) is 14.3 Å². The van der Waals surface area contributed by atoms with Crippen LogP contribution in [0.25, 0.3) is 0 Å². The largest absolute Gasteiger partial charge is 0.480 e. The molecule has 0 radical (unpaired) electrons. The van der Waals surface area contributed by atoms with E-state index in [-0.39, 0.29) is 17.9 Å². The van der Waals surface area contributed by atoms with Gasteiger partial charge in [0.05, 0.1) is 18.3 Å². The molecule has 8 heteroatoms. The molecule has 25 heavy (non-hydrogen) atoms. The summed E-state index contributed by atoms with van der Waals surface area (Å²) >= 11 is 1.15. The number of morpholine rings is 1. The zero-order chi connectivity index (χ0) is 18.4. The van der Waals surface area contributed by atoms with E-state index >= 15 is 0 Å². The highest BCUT2D eigenvalue weighted by Crippen LogP contribution is 2.28. The Balaban J connectivity index is 2.09. The lowest BCUT2D eigenvalue weighted by molar-refractivity contribution is -0.136. The molecule has 1 aromatic carbocycles. The van der Waals surface area contributed by atoms with Crippen molar-refractivity contribution in [1.29, 1.82) is 0 Å². The number of benzene rings is 1. The molecule has 1 aliphatic rings. The zero-order valence-electron chi connectivity index (χ0n) is 14.2. The molecule has 1 saturated heterocycles. The lowest BCUT2D eigenvalue weighted by Crippen LogP contribution is -2.49. The van der Waals surface area contributed by atoms with Crippen LogP contribution in [0, 0.1) is 0 Å². The van der Waals surface area contributed by atoms with E-state index < -0.39 is 11.2 Å². The van der Waals surface area contributed by atoms with E-state index in [1.54, 1.807) is 36.1 Å². The number of carboxylic acids is 1. The first-order valence-electron chi connectivity index (χ1n) is 8.02. The monoisotopic (exact) mass is 366 g/mol. The standard InChI is InChI=1S/C17H22N2O5S/c1-11(17(22)23)25-15-6-4-3-5-14(15)16(21)19-7-8-24-13(10-19)9-18-12(2)20/h3-6,11,13H,7-10H2,1-2H3,(H,18,20)(H,22,23). The first-order chi connectivity index (χ1) is 11.9. The molecule has 0 spiro atoms. The van der Waals surface area contributed by atoms with Gasteiger partial charge in [0, 0.05) is 31.5 Å². The van der Waals surface area contributed by atoms with Crippen LogP contribution in [0.1, 0.15) is 24.2 Å². The maximum atomic E-state index is 12.9. The third-order valence-corrected chi connectivity index (χ3v) is 4.94. The predicted molar refractivity (Wildman–Crippen MR) is 93.7 cm³/mol. The second-order valence-corrected chi connectivity index (χ2v) is 7.16. The summed E-state index contributed by atoms with van der Waals surface area (Å²) in [5, 5.41) is 11.1. The van der Waals surface area contributed by atoms with Crippen LogP contribution < -0.4 is 5.32 Å². The summed E-state index contributed by atoms with van der Waals surface area (Å²) in [6.45, 7) is 4.62. The summed E-state index contributed by atoms with van der Waals surface area (Å²) < 4.78 is 5.58. The Labute approximate surface area is 150 Å². The molecule has 0 aromatic heterocycles. The number of hydrogen-bond donors (Lipinski definition) is 2. The summed E-state index contributed by atoms with van der Waals surface area (Å²) in [5.74, 6) is -1.22. The van der Waals surface area contributed by atoms with Crippen LogP contribution in [0.3, 0.4) is 0 Å². The number of carbonyl (C=O) groups is 3. The van der Waals surface area contributed by atoms with Crippen LogP contribution in [0.15, 0.2) is 29.2 Å². The number of carbonyl (C=O) groups excluding carboxylic acids is 2. The van der Waals surface area contributed by atoms with E-state index in [2.05, 4.69) is 5.32 Å². The topological polar surface area (TPSA) is 95.9 Å². The van der Waals surface area contributed by atoms with Crippen molar-refractivity contribution in [2.24, 2.45) is 0 Å². The fourth-order valence-electron chi connectivity index (χ4n) is 2.44. The highest BCUT2D eigenvalue weighted by molar-refractivity contribution is 8.00. The molecule has 2 amide bonds. The van der Waals surface area contributed by atoms with Gasteiger partial charge in [0.25, 0.3) is 5.91 Å². The SMILES string of the molecule is CC(=O)NCC1CN(C(=O)c2ccccc2SC(C)C(=O)O)CCO1. The van der Waals surface area contributed by atoms with Gasteiger partial charge in [0.1, 0.15) is 5.25 Å². The minimum atomic E-state index is -0.922. The number of aliphatic carboxylic acids is 1. The van der Waals surface area contributed by atoms with Gasteiger partial charge in [-0.15, -0.1) is 11.8 Å². The number of hydrogen-bond acceptors (Lipinski definition) is 5. The summed E-state index contributed by atoms with van der Waals surface area (Å²) in [4.78, 5) is 37.3. The van der Waals surface area contributed by atoms with Gasteiger partial charge in [-0.25, -0.2) is 0 Å². The number of rotatable bonds is 6. The second-order valence-electron chi connectivity index (χ2n) is 5.78. The lowest BCUT2D eigenvalue weighted by Gasteiger charge is -2.33. The fourth-order valence-corrected chi connectivity index (χ4v) is 3.36. The Morgan fingerprint density at radius 3 is 2.80 bits per heavy atom. The number of ether oxygens (including phenoxy) is 1. The van der Waals surface area contributed by atoms with Crippen molar-refractivity contribution < 1.29 is 24.2 Å². The molecule has 0 bridgehead atoms. The molecule has 136 valence electrons. The molecule has 7 nitrogen and oxygen atoms in total. The Morgan fingerprint density at radius 1 is 1.40 bits per heavy atom. The number of amides is 2. The minimum Gasteiger partial charge on any atom is -0.480 e. The molecule has 2 N–H and O–H groups in total. The minimum absolute atomic E-state index is 0.142. The predicted octanol–water partition coefficient (Wildman–Crippen LogP) is 1.23. The van der Waals surface area contributed by atoms with E-state index in [1.165, 1.54) is 6.92 Å². The molecule has 0 saturated carbocycles. The Hall–Kier alpha value is -2.06. The average Bonchev–Trinajstić information content (AvgIpc) is 2.60. The summed E-state index contributed by atoms with van der Waals surface area (Å²) in [6.07, 6.45) is -0.251. The van der Waals surface area contributed by atoms with Crippen molar-refractivity contribution in [3.05, 3.63) is 29.8 Å². The number of nitrogens with one attached hydrogen (secondary N) is 1. The molecule has 1 aliphatic heterocycles. The van der Waals surface area contributed by atoms with Crippen LogP contribution in [0.4, 0.5) is 0 Å². The second kappa shape index (κ2) is 8.87. The van der Waals surface area contributed by atoms with Crippen LogP contribution >= 0.6 is 11.8 Å². The molecule has 2 atom stereocenters. The molecular weight excluding hydrogens is 344 g/mol. The molecule has 1 aromatic rings. The van der Waals surface area contributed by atoms with Gasteiger partial charge in [-0.3, -0.25) is 14.4 Å². The van der Waals surface area contributed by atoms with Gasteiger partial charge in [0.15, 0.2) is 0 Å². The van der Waals surface area contributed by atoms with Gasteiger partial charge >= 0.3 is 5.97 Å². The van der Waals surface area contributed by atoms with E-state index in [4.69, 9.17) is 9.84 Å². The fraction of sp³-hybridized carbons (Fsp3) is 0.471. The number of carboxylic acid groups (broad SMARTS) is 1. The van der Waals surface area contributed by atoms with Gasteiger partial charge in [0.2, 0.25) is 5.91 Å². The van der Waals surface area contributed by atoms with E-state index in [0.717, 1.165) is 11.8 Å². The molecular formula is C17H22N2O5S. The van der Waals surface area contributed by atoms with Crippen molar-refractivity contribution in [3.8, 4) is 0 Å². The molecule has 1 heterocycles. The third kappa shape index (κ3) is 5.47. The van der Waals surface area contributed by atoms with Crippen molar-refractivity contribution in [3.63, 3.8) is 0 Å². The number of thioether (sulfide) groups is 1. The van der Waals surface area contributed by atoms with E-state index in [9.17, 15) is 14.4 Å². The van der Waals surface area contributed by atoms with Crippen LogP contribution in [0.2, 0.25) is 0 Å². The van der Waals surface area contributed by atoms with Crippen LogP contribution in [-0.4, -0.2) is 65.4 Å². The molecule has 0 aliphatic carbocycles. The summed E-state index contributed by atoms with van der Waals surface area (Å²) in [7, 11) is 0.